The highest BCUT2D eigenvalue weighted by molar-refractivity contribution is 5.76. The maximum Gasteiger partial charge on any atom is 0.222 e. The summed E-state index contributed by atoms with van der Waals surface area (Å²) in [4.78, 5) is 20.9. The van der Waals surface area contributed by atoms with Gasteiger partial charge < -0.3 is 15.7 Å². The first-order chi connectivity index (χ1) is 12.8. The van der Waals surface area contributed by atoms with Crippen molar-refractivity contribution in [3.8, 4) is 0 Å². The number of rotatable bonds is 7. The molecule has 26 heavy (non-hydrogen) atoms. The minimum atomic E-state index is -0.0161. The van der Waals surface area contributed by atoms with Crippen LogP contribution in [0.3, 0.4) is 0 Å². The fourth-order valence-corrected chi connectivity index (χ4v) is 3.57. The Morgan fingerprint density at radius 3 is 2.58 bits per heavy atom. The molecular formula is C20H26N4O2. The standard InChI is InChI=1S/C20H26N4O2/c25-14-17-8-2-1-7-16(17)13-23-19(26)12-15-6-3-4-9-18(15)24-20-21-10-5-11-22-20/h1-2,5,7-8,10-11,15,18,25H,3-4,6,9,12-14H2,(H,23,26)(H,21,22,24)/t15-,18-/m0/s1. The number of nitrogens with zero attached hydrogens (tertiary/aromatic N) is 2. The van der Waals surface area contributed by atoms with Gasteiger partial charge in [-0.15, -0.1) is 0 Å². The fourth-order valence-electron chi connectivity index (χ4n) is 3.57. The number of hydrogen-bond donors (Lipinski definition) is 3. The van der Waals surface area contributed by atoms with Crippen LogP contribution in [0.4, 0.5) is 5.95 Å². The highest BCUT2D eigenvalue weighted by atomic mass is 16.3. The molecule has 3 rings (SSSR count). The molecule has 0 radical (unpaired) electrons. The first-order valence-corrected chi connectivity index (χ1v) is 9.24. The van der Waals surface area contributed by atoms with Crippen LogP contribution in [0, 0.1) is 5.92 Å². The van der Waals surface area contributed by atoms with Gasteiger partial charge in [0.05, 0.1) is 6.61 Å². The smallest absolute Gasteiger partial charge is 0.222 e. The lowest BCUT2D eigenvalue weighted by molar-refractivity contribution is -0.122. The van der Waals surface area contributed by atoms with Gasteiger partial charge in [0.25, 0.3) is 0 Å². The Bertz CT molecular complexity index is 708. The number of aromatic nitrogens is 2. The molecule has 1 heterocycles. The zero-order valence-corrected chi connectivity index (χ0v) is 14.9. The Morgan fingerprint density at radius 1 is 1.08 bits per heavy atom. The molecule has 138 valence electrons. The largest absolute Gasteiger partial charge is 0.392 e. The number of nitrogens with one attached hydrogen (secondary N) is 2. The quantitative estimate of drug-likeness (QED) is 0.711. The highest BCUT2D eigenvalue weighted by Gasteiger charge is 2.27. The maximum absolute atomic E-state index is 12.4. The normalized spacial score (nSPS) is 19.7. The lowest BCUT2D eigenvalue weighted by Crippen LogP contribution is -2.36. The van der Waals surface area contributed by atoms with E-state index >= 15 is 0 Å². The van der Waals surface area contributed by atoms with Crippen molar-refractivity contribution in [2.45, 2.75) is 51.3 Å². The lowest BCUT2D eigenvalue weighted by atomic mass is 9.82. The third-order valence-electron chi connectivity index (χ3n) is 5.00. The molecule has 3 N–H and O–H groups in total. The second kappa shape index (κ2) is 9.29. The molecule has 1 aromatic heterocycles. The molecule has 6 heteroatoms. The van der Waals surface area contributed by atoms with E-state index in [2.05, 4.69) is 20.6 Å². The molecular weight excluding hydrogens is 328 g/mol. The molecule has 1 aliphatic rings. The van der Waals surface area contributed by atoms with E-state index < -0.39 is 0 Å². The Morgan fingerprint density at radius 2 is 1.81 bits per heavy atom. The zero-order chi connectivity index (χ0) is 18.2. The van der Waals surface area contributed by atoms with Gasteiger partial charge in [-0.05, 0) is 36.0 Å². The Balaban J connectivity index is 1.54. The van der Waals surface area contributed by atoms with E-state index in [0.29, 0.717) is 18.9 Å². The number of carbonyl (C=O) groups is 1. The number of aliphatic hydroxyl groups excluding tert-OH is 1. The Kier molecular flexibility index (Phi) is 6.55. The summed E-state index contributed by atoms with van der Waals surface area (Å²) in [5.41, 5.74) is 1.81. The minimum absolute atomic E-state index is 0.0161. The van der Waals surface area contributed by atoms with Gasteiger partial charge in [-0.3, -0.25) is 4.79 Å². The van der Waals surface area contributed by atoms with E-state index in [1.165, 1.54) is 0 Å². The third-order valence-corrected chi connectivity index (χ3v) is 5.00. The van der Waals surface area contributed by atoms with Crippen molar-refractivity contribution in [2.75, 3.05) is 5.32 Å². The number of amides is 1. The summed E-state index contributed by atoms with van der Waals surface area (Å²) in [5, 5.41) is 15.8. The van der Waals surface area contributed by atoms with Gasteiger partial charge in [-0.1, -0.05) is 37.1 Å². The number of benzene rings is 1. The van der Waals surface area contributed by atoms with E-state index in [0.717, 1.165) is 36.8 Å². The van der Waals surface area contributed by atoms with Gasteiger partial charge in [0.1, 0.15) is 0 Å². The lowest BCUT2D eigenvalue weighted by Gasteiger charge is -2.31. The number of hydrogen-bond acceptors (Lipinski definition) is 5. The molecule has 1 aromatic carbocycles. The molecule has 0 spiro atoms. The van der Waals surface area contributed by atoms with Gasteiger partial charge in [0, 0.05) is 31.4 Å². The summed E-state index contributed by atoms with van der Waals surface area (Å²) in [6.45, 7) is 0.430. The van der Waals surface area contributed by atoms with E-state index in [9.17, 15) is 9.90 Å². The molecule has 0 aliphatic heterocycles. The fraction of sp³-hybridized carbons (Fsp3) is 0.450. The van der Waals surface area contributed by atoms with Crippen molar-refractivity contribution >= 4 is 11.9 Å². The van der Waals surface area contributed by atoms with Crippen molar-refractivity contribution in [1.29, 1.82) is 0 Å². The van der Waals surface area contributed by atoms with E-state index in [1.54, 1.807) is 18.5 Å². The molecule has 2 aromatic rings. The molecule has 2 atom stereocenters. The van der Waals surface area contributed by atoms with Gasteiger partial charge in [-0.2, -0.15) is 0 Å². The second-order valence-corrected chi connectivity index (χ2v) is 6.78. The van der Waals surface area contributed by atoms with Crippen LogP contribution in [-0.2, 0) is 17.9 Å². The van der Waals surface area contributed by atoms with E-state index in [-0.39, 0.29) is 24.5 Å². The topological polar surface area (TPSA) is 87.1 Å². The first kappa shape index (κ1) is 18.3. The van der Waals surface area contributed by atoms with Crippen LogP contribution in [0.1, 0.15) is 43.2 Å². The molecule has 0 unspecified atom stereocenters. The zero-order valence-electron chi connectivity index (χ0n) is 14.9. The van der Waals surface area contributed by atoms with Crippen molar-refractivity contribution in [2.24, 2.45) is 5.92 Å². The Labute approximate surface area is 154 Å². The van der Waals surface area contributed by atoms with Crippen LogP contribution in [0.5, 0.6) is 0 Å². The predicted octanol–water partition coefficient (Wildman–Crippen LogP) is 2.65. The van der Waals surface area contributed by atoms with Crippen LogP contribution in [0.25, 0.3) is 0 Å². The summed E-state index contributed by atoms with van der Waals surface area (Å²) in [5.74, 6) is 0.952. The number of aliphatic hydroxyl groups is 1. The Hall–Kier alpha value is -2.47. The van der Waals surface area contributed by atoms with Crippen LogP contribution in [0.2, 0.25) is 0 Å². The van der Waals surface area contributed by atoms with Crippen LogP contribution in [0.15, 0.2) is 42.7 Å². The predicted molar refractivity (Wildman–Crippen MR) is 100 cm³/mol. The van der Waals surface area contributed by atoms with E-state index in [1.807, 2.05) is 24.3 Å². The molecule has 1 amide bonds. The highest BCUT2D eigenvalue weighted by Crippen LogP contribution is 2.29. The van der Waals surface area contributed by atoms with Crippen LogP contribution < -0.4 is 10.6 Å². The number of anilines is 1. The second-order valence-electron chi connectivity index (χ2n) is 6.78. The molecule has 1 saturated carbocycles. The van der Waals surface area contributed by atoms with Gasteiger partial charge >= 0.3 is 0 Å². The van der Waals surface area contributed by atoms with Crippen LogP contribution in [-0.4, -0.2) is 27.0 Å². The summed E-state index contributed by atoms with van der Waals surface area (Å²) in [7, 11) is 0. The average Bonchev–Trinajstić information content (AvgIpc) is 2.69. The molecule has 0 saturated heterocycles. The van der Waals surface area contributed by atoms with Crippen molar-refractivity contribution < 1.29 is 9.90 Å². The number of carbonyl (C=O) groups excluding carboxylic acids is 1. The first-order valence-electron chi connectivity index (χ1n) is 9.24. The van der Waals surface area contributed by atoms with Crippen LogP contribution >= 0.6 is 0 Å². The minimum Gasteiger partial charge on any atom is -0.392 e. The van der Waals surface area contributed by atoms with E-state index in [4.69, 9.17) is 0 Å². The third kappa shape index (κ3) is 5.02. The summed E-state index contributed by atoms with van der Waals surface area (Å²) in [6, 6.07) is 9.64. The van der Waals surface area contributed by atoms with Gasteiger partial charge in [0.2, 0.25) is 11.9 Å². The van der Waals surface area contributed by atoms with Gasteiger partial charge in [-0.25, -0.2) is 9.97 Å². The summed E-state index contributed by atoms with van der Waals surface area (Å²) >= 11 is 0. The van der Waals surface area contributed by atoms with Crippen molar-refractivity contribution in [1.82, 2.24) is 15.3 Å². The average molecular weight is 354 g/mol. The molecule has 1 aliphatic carbocycles. The monoisotopic (exact) mass is 354 g/mol. The van der Waals surface area contributed by atoms with Gasteiger partial charge in [0.15, 0.2) is 0 Å². The molecule has 6 nitrogen and oxygen atoms in total. The van der Waals surface area contributed by atoms with Crippen molar-refractivity contribution in [3.63, 3.8) is 0 Å². The molecule has 0 bridgehead atoms. The summed E-state index contributed by atoms with van der Waals surface area (Å²) in [6.07, 6.45) is 8.31. The summed E-state index contributed by atoms with van der Waals surface area (Å²) < 4.78 is 0. The SMILES string of the molecule is O=C(C[C@@H]1CCCC[C@@H]1Nc1ncccn1)NCc1ccccc1CO. The molecule has 1 fully saturated rings. The maximum atomic E-state index is 12.4. The van der Waals surface area contributed by atoms with Crippen molar-refractivity contribution in [3.05, 3.63) is 53.9 Å².